The van der Waals surface area contributed by atoms with E-state index in [1.165, 1.54) is 31.3 Å². The van der Waals surface area contributed by atoms with Crippen LogP contribution in [0.3, 0.4) is 0 Å². The molecule has 25 heavy (non-hydrogen) atoms. The Kier molecular flexibility index (Phi) is 5.89. The van der Waals surface area contributed by atoms with Gasteiger partial charge in [-0.25, -0.2) is 13.1 Å². The molecule has 2 rings (SSSR count). The number of amides is 2. The molecular weight excluding hydrogens is 342 g/mol. The first kappa shape index (κ1) is 18.6. The summed E-state index contributed by atoms with van der Waals surface area (Å²) >= 11 is 0. The van der Waals surface area contributed by atoms with E-state index in [2.05, 4.69) is 15.4 Å². The first-order valence-electron chi connectivity index (χ1n) is 7.60. The second kappa shape index (κ2) is 7.91. The maximum atomic E-state index is 12.2. The van der Waals surface area contributed by atoms with Crippen LogP contribution in [0.25, 0.3) is 0 Å². The topological polar surface area (TPSA) is 104 Å². The van der Waals surface area contributed by atoms with E-state index in [1.54, 1.807) is 24.3 Å². The van der Waals surface area contributed by atoms with E-state index in [0.29, 0.717) is 23.4 Å². The Morgan fingerprint density at radius 2 is 1.40 bits per heavy atom. The lowest BCUT2D eigenvalue weighted by atomic mass is 10.1. The Morgan fingerprint density at radius 1 is 0.880 bits per heavy atom. The third-order valence-electron chi connectivity index (χ3n) is 3.44. The van der Waals surface area contributed by atoms with E-state index in [1.807, 2.05) is 6.92 Å². The van der Waals surface area contributed by atoms with Crippen molar-refractivity contribution in [2.24, 2.45) is 0 Å². The molecule has 0 radical (unpaired) electrons. The number of hydrogen-bond donors (Lipinski definition) is 3. The van der Waals surface area contributed by atoms with Crippen LogP contribution in [0.2, 0.25) is 0 Å². The molecule has 0 spiro atoms. The summed E-state index contributed by atoms with van der Waals surface area (Å²) in [5, 5.41) is 5.38. The Labute approximate surface area is 146 Å². The van der Waals surface area contributed by atoms with Crippen LogP contribution in [0.5, 0.6) is 0 Å². The fourth-order valence-corrected chi connectivity index (χ4v) is 2.80. The summed E-state index contributed by atoms with van der Waals surface area (Å²) in [6.07, 6.45) is 0. The second-order valence-corrected chi connectivity index (χ2v) is 7.01. The van der Waals surface area contributed by atoms with Crippen molar-refractivity contribution in [3.8, 4) is 0 Å². The molecule has 0 aliphatic rings. The van der Waals surface area contributed by atoms with Gasteiger partial charge < -0.3 is 10.6 Å². The van der Waals surface area contributed by atoms with E-state index < -0.39 is 10.0 Å². The van der Waals surface area contributed by atoms with Crippen molar-refractivity contribution in [1.82, 2.24) is 10.0 Å². The molecule has 0 saturated carbocycles. The zero-order valence-electron chi connectivity index (χ0n) is 13.9. The smallest absolute Gasteiger partial charge is 0.255 e. The van der Waals surface area contributed by atoms with Crippen molar-refractivity contribution in [2.75, 3.05) is 18.9 Å². The normalized spacial score (nSPS) is 11.0. The molecule has 0 aliphatic heterocycles. The average molecular weight is 361 g/mol. The molecule has 0 heterocycles. The summed E-state index contributed by atoms with van der Waals surface area (Å²) in [6.45, 7) is 2.37. The van der Waals surface area contributed by atoms with Crippen molar-refractivity contribution in [3.05, 3.63) is 59.7 Å². The van der Waals surface area contributed by atoms with Gasteiger partial charge in [0.25, 0.3) is 11.8 Å². The molecule has 0 atom stereocenters. The van der Waals surface area contributed by atoms with Gasteiger partial charge in [-0.1, -0.05) is 0 Å². The molecule has 2 aromatic rings. The largest absolute Gasteiger partial charge is 0.352 e. The van der Waals surface area contributed by atoms with E-state index >= 15 is 0 Å². The highest BCUT2D eigenvalue weighted by atomic mass is 32.2. The van der Waals surface area contributed by atoms with Crippen LogP contribution in [0, 0.1) is 0 Å². The molecule has 8 heteroatoms. The monoisotopic (exact) mass is 361 g/mol. The third kappa shape index (κ3) is 4.65. The minimum absolute atomic E-state index is 0.0813. The first-order chi connectivity index (χ1) is 11.9. The van der Waals surface area contributed by atoms with Crippen LogP contribution in [0.1, 0.15) is 27.6 Å². The lowest BCUT2D eigenvalue weighted by Gasteiger charge is -2.08. The van der Waals surface area contributed by atoms with Gasteiger partial charge in [0.05, 0.1) is 4.90 Å². The van der Waals surface area contributed by atoms with Crippen molar-refractivity contribution in [2.45, 2.75) is 11.8 Å². The van der Waals surface area contributed by atoms with Crippen LogP contribution in [0.4, 0.5) is 5.69 Å². The first-order valence-corrected chi connectivity index (χ1v) is 9.09. The standard InChI is InChI=1S/C17H19N3O4S/c1-3-19-16(21)12-4-8-14(9-5-12)20-17(22)13-6-10-15(11-7-13)25(23,24)18-2/h4-11,18H,3H2,1-2H3,(H,19,21)(H,20,22). The molecule has 3 N–H and O–H groups in total. The summed E-state index contributed by atoms with van der Waals surface area (Å²) in [7, 11) is -2.22. The SMILES string of the molecule is CCNC(=O)c1ccc(NC(=O)c2ccc(S(=O)(=O)NC)cc2)cc1. The number of sulfonamides is 1. The van der Waals surface area contributed by atoms with Crippen LogP contribution < -0.4 is 15.4 Å². The lowest BCUT2D eigenvalue weighted by molar-refractivity contribution is 0.0955. The number of hydrogen-bond acceptors (Lipinski definition) is 4. The van der Waals surface area contributed by atoms with E-state index in [4.69, 9.17) is 0 Å². The molecule has 0 bridgehead atoms. The van der Waals surface area contributed by atoms with Gasteiger partial charge in [0.15, 0.2) is 0 Å². The molecule has 2 amide bonds. The summed E-state index contributed by atoms with van der Waals surface area (Å²) in [4.78, 5) is 24.0. The van der Waals surface area contributed by atoms with E-state index in [0.717, 1.165) is 0 Å². The van der Waals surface area contributed by atoms with Gasteiger partial charge in [-0.05, 0) is 62.5 Å². The summed E-state index contributed by atoms with van der Waals surface area (Å²) in [5.74, 6) is -0.555. The maximum absolute atomic E-state index is 12.2. The molecule has 0 fully saturated rings. The Bertz CT molecular complexity index is 860. The number of rotatable bonds is 6. The number of nitrogens with one attached hydrogen (secondary N) is 3. The van der Waals surface area contributed by atoms with Crippen LogP contribution in [-0.2, 0) is 10.0 Å². The average Bonchev–Trinajstić information content (AvgIpc) is 2.62. The molecule has 132 valence electrons. The van der Waals surface area contributed by atoms with Gasteiger partial charge in [-0.2, -0.15) is 0 Å². The predicted octanol–water partition coefficient (Wildman–Crippen LogP) is 1.60. The maximum Gasteiger partial charge on any atom is 0.255 e. The lowest BCUT2D eigenvalue weighted by Crippen LogP contribution is -2.22. The van der Waals surface area contributed by atoms with Crippen molar-refractivity contribution < 1.29 is 18.0 Å². The van der Waals surface area contributed by atoms with Gasteiger partial charge in [-0.3, -0.25) is 9.59 Å². The van der Waals surface area contributed by atoms with E-state index in [-0.39, 0.29) is 16.7 Å². The van der Waals surface area contributed by atoms with Crippen molar-refractivity contribution >= 4 is 27.5 Å². The number of carbonyl (C=O) groups is 2. The Morgan fingerprint density at radius 3 is 1.92 bits per heavy atom. The van der Waals surface area contributed by atoms with Gasteiger partial charge in [0.1, 0.15) is 0 Å². The Hall–Kier alpha value is -2.71. The highest BCUT2D eigenvalue weighted by Gasteiger charge is 2.13. The predicted molar refractivity (Wildman–Crippen MR) is 95.1 cm³/mol. The number of benzene rings is 2. The van der Waals surface area contributed by atoms with Crippen molar-refractivity contribution in [1.29, 1.82) is 0 Å². The highest BCUT2D eigenvalue weighted by Crippen LogP contribution is 2.14. The molecule has 2 aromatic carbocycles. The minimum Gasteiger partial charge on any atom is -0.352 e. The van der Waals surface area contributed by atoms with Gasteiger partial charge >= 0.3 is 0 Å². The van der Waals surface area contributed by atoms with Crippen LogP contribution in [0.15, 0.2) is 53.4 Å². The molecule has 0 saturated heterocycles. The fraction of sp³-hybridized carbons (Fsp3) is 0.176. The summed E-state index contributed by atoms with van der Waals surface area (Å²) in [5.41, 5.74) is 1.36. The molecule has 0 aliphatic carbocycles. The second-order valence-electron chi connectivity index (χ2n) is 5.12. The van der Waals surface area contributed by atoms with Crippen molar-refractivity contribution in [3.63, 3.8) is 0 Å². The molecular formula is C17H19N3O4S. The zero-order valence-corrected chi connectivity index (χ0v) is 14.7. The summed E-state index contributed by atoms with van der Waals surface area (Å²) < 4.78 is 25.5. The summed E-state index contributed by atoms with van der Waals surface area (Å²) in [6, 6.07) is 12.1. The van der Waals surface area contributed by atoms with Gasteiger partial charge in [-0.15, -0.1) is 0 Å². The zero-order chi connectivity index (χ0) is 18.4. The Balaban J connectivity index is 2.08. The minimum atomic E-state index is -3.54. The van der Waals surface area contributed by atoms with Gasteiger partial charge in [0.2, 0.25) is 10.0 Å². The number of anilines is 1. The fourth-order valence-electron chi connectivity index (χ4n) is 2.07. The molecule has 0 unspecified atom stereocenters. The van der Waals surface area contributed by atoms with Gasteiger partial charge in [0, 0.05) is 23.4 Å². The molecule has 0 aromatic heterocycles. The quantitative estimate of drug-likeness (QED) is 0.727. The van der Waals surface area contributed by atoms with Crippen LogP contribution >= 0.6 is 0 Å². The highest BCUT2D eigenvalue weighted by molar-refractivity contribution is 7.89. The third-order valence-corrected chi connectivity index (χ3v) is 4.87. The van der Waals surface area contributed by atoms with E-state index in [9.17, 15) is 18.0 Å². The number of carbonyl (C=O) groups excluding carboxylic acids is 2. The van der Waals surface area contributed by atoms with Crippen LogP contribution in [-0.4, -0.2) is 33.8 Å². The molecule has 7 nitrogen and oxygen atoms in total.